The van der Waals surface area contributed by atoms with E-state index in [-0.39, 0.29) is 0 Å². The predicted octanol–water partition coefficient (Wildman–Crippen LogP) is 1.16. The van der Waals surface area contributed by atoms with Gasteiger partial charge in [-0.15, -0.1) is 0 Å². The first-order valence-electron chi connectivity index (χ1n) is 3.95. The van der Waals surface area contributed by atoms with E-state index in [0.717, 1.165) is 5.56 Å². The molecule has 5 nitrogen and oxygen atoms in total. The summed E-state index contributed by atoms with van der Waals surface area (Å²) in [6, 6.07) is 6.48. The molecule has 5 heteroatoms. The smallest absolute Gasteiger partial charge is 0.316 e. The monoisotopic (exact) mass is 193 g/mol. The molecule has 3 N–H and O–H groups in total. The molecule has 1 aromatic carbocycles. The number of urea groups is 1. The van der Waals surface area contributed by atoms with Gasteiger partial charge in [0.25, 0.3) is 0 Å². The summed E-state index contributed by atoms with van der Waals surface area (Å²) in [5, 5.41) is 6.05. The number of benzene rings is 1. The van der Waals surface area contributed by atoms with Crippen molar-refractivity contribution in [3.63, 3.8) is 0 Å². The number of carbonyl (C=O) groups excluding carboxylic acids is 1. The molecular weight excluding hydrogens is 182 g/mol. The normalized spacial score (nSPS) is 10.1. The van der Waals surface area contributed by atoms with Crippen LogP contribution in [0.2, 0.25) is 0 Å². The Labute approximate surface area is 81.5 Å². The van der Waals surface area contributed by atoms with Crippen LogP contribution >= 0.6 is 0 Å². The molecule has 0 aromatic heterocycles. The molecule has 0 aliphatic heterocycles. The van der Waals surface area contributed by atoms with Gasteiger partial charge in [0.1, 0.15) is 7.11 Å². The average molecular weight is 193 g/mol. The third-order valence-electron chi connectivity index (χ3n) is 1.46. The lowest BCUT2D eigenvalue weighted by molar-refractivity contribution is 0.215. The topological polar surface area (TPSA) is 76.7 Å². The lowest BCUT2D eigenvalue weighted by Gasteiger charge is -2.01. The molecule has 74 valence electrons. The number of hydrogen-bond donors (Lipinski definition) is 2. The van der Waals surface area contributed by atoms with Gasteiger partial charge in [-0.2, -0.15) is 0 Å². The largest absolute Gasteiger partial charge is 0.399 e. The SMILES string of the molecule is CO/N=C/c1cccc(NC(N)=O)c1. The fourth-order valence-electron chi connectivity index (χ4n) is 0.953. The summed E-state index contributed by atoms with van der Waals surface area (Å²) >= 11 is 0. The molecule has 0 radical (unpaired) electrons. The van der Waals surface area contributed by atoms with Gasteiger partial charge in [0, 0.05) is 5.69 Å². The van der Waals surface area contributed by atoms with E-state index in [0.29, 0.717) is 5.69 Å². The Hall–Kier alpha value is -2.04. The van der Waals surface area contributed by atoms with Gasteiger partial charge in [0.05, 0.1) is 6.21 Å². The number of oxime groups is 1. The standard InChI is InChI=1S/C9H11N3O2/c1-14-11-6-7-3-2-4-8(5-7)12-9(10)13/h2-6H,1H3,(H3,10,12,13)/b11-6+. The first-order valence-corrected chi connectivity index (χ1v) is 3.95. The van der Waals surface area contributed by atoms with Crippen molar-refractivity contribution in [2.45, 2.75) is 0 Å². The molecule has 0 saturated carbocycles. The van der Waals surface area contributed by atoms with Crippen molar-refractivity contribution >= 4 is 17.9 Å². The molecule has 0 aliphatic rings. The van der Waals surface area contributed by atoms with Crippen molar-refractivity contribution in [3.05, 3.63) is 29.8 Å². The van der Waals surface area contributed by atoms with Gasteiger partial charge >= 0.3 is 6.03 Å². The van der Waals surface area contributed by atoms with Crippen molar-refractivity contribution < 1.29 is 9.63 Å². The van der Waals surface area contributed by atoms with Crippen molar-refractivity contribution in [1.82, 2.24) is 0 Å². The quantitative estimate of drug-likeness (QED) is 0.558. The molecule has 1 rings (SSSR count). The minimum Gasteiger partial charge on any atom is -0.399 e. The van der Waals surface area contributed by atoms with Crippen molar-refractivity contribution in [1.29, 1.82) is 0 Å². The number of rotatable bonds is 3. The molecule has 1 aromatic rings. The third kappa shape index (κ3) is 3.14. The summed E-state index contributed by atoms with van der Waals surface area (Å²) in [6.07, 6.45) is 1.53. The number of carbonyl (C=O) groups is 1. The Bertz CT molecular complexity index is 350. The van der Waals surface area contributed by atoms with Gasteiger partial charge in [-0.05, 0) is 17.7 Å². The van der Waals surface area contributed by atoms with E-state index in [4.69, 9.17) is 5.73 Å². The van der Waals surface area contributed by atoms with Gasteiger partial charge in [0.2, 0.25) is 0 Å². The van der Waals surface area contributed by atoms with Crippen LogP contribution in [-0.4, -0.2) is 19.4 Å². The number of hydrogen-bond acceptors (Lipinski definition) is 3. The second kappa shape index (κ2) is 4.86. The second-order valence-corrected chi connectivity index (χ2v) is 2.53. The number of primary amides is 1. The van der Waals surface area contributed by atoms with E-state index in [1.807, 2.05) is 6.07 Å². The molecule has 0 saturated heterocycles. The van der Waals surface area contributed by atoms with Crippen LogP contribution in [0.15, 0.2) is 29.4 Å². The van der Waals surface area contributed by atoms with Gasteiger partial charge in [-0.25, -0.2) is 4.79 Å². The Morgan fingerprint density at radius 3 is 3.07 bits per heavy atom. The minimum absolute atomic E-state index is 0.592. The lowest BCUT2D eigenvalue weighted by Crippen LogP contribution is -2.19. The van der Waals surface area contributed by atoms with E-state index in [2.05, 4.69) is 15.3 Å². The fraction of sp³-hybridized carbons (Fsp3) is 0.111. The maximum atomic E-state index is 10.5. The van der Waals surface area contributed by atoms with Crippen LogP contribution < -0.4 is 11.1 Å². The highest BCUT2D eigenvalue weighted by molar-refractivity contribution is 5.89. The Kier molecular flexibility index (Phi) is 3.49. The van der Waals surface area contributed by atoms with Crippen LogP contribution in [0.3, 0.4) is 0 Å². The first-order chi connectivity index (χ1) is 6.72. The molecule has 0 heterocycles. The maximum Gasteiger partial charge on any atom is 0.316 e. The summed E-state index contributed by atoms with van der Waals surface area (Å²) in [4.78, 5) is 15.1. The lowest BCUT2D eigenvalue weighted by atomic mass is 10.2. The van der Waals surface area contributed by atoms with Crippen molar-refractivity contribution in [2.75, 3.05) is 12.4 Å². The number of amides is 2. The molecular formula is C9H11N3O2. The van der Waals surface area contributed by atoms with E-state index in [1.165, 1.54) is 13.3 Å². The van der Waals surface area contributed by atoms with E-state index in [1.54, 1.807) is 18.2 Å². The van der Waals surface area contributed by atoms with E-state index in [9.17, 15) is 4.79 Å². The van der Waals surface area contributed by atoms with Crippen LogP contribution in [0.5, 0.6) is 0 Å². The number of nitrogens with one attached hydrogen (secondary N) is 1. The zero-order valence-electron chi connectivity index (χ0n) is 7.73. The molecule has 0 spiro atoms. The Morgan fingerprint density at radius 2 is 2.43 bits per heavy atom. The minimum atomic E-state index is -0.592. The third-order valence-corrected chi connectivity index (χ3v) is 1.46. The van der Waals surface area contributed by atoms with Crippen LogP contribution in [0.4, 0.5) is 10.5 Å². The van der Waals surface area contributed by atoms with Gasteiger partial charge in [-0.1, -0.05) is 17.3 Å². The second-order valence-electron chi connectivity index (χ2n) is 2.53. The van der Waals surface area contributed by atoms with Crippen LogP contribution in [0.1, 0.15) is 5.56 Å². The summed E-state index contributed by atoms with van der Waals surface area (Å²) in [5.74, 6) is 0. The highest BCUT2D eigenvalue weighted by Crippen LogP contribution is 2.08. The molecule has 0 fully saturated rings. The van der Waals surface area contributed by atoms with Gasteiger partial charge in [-0.3, -0.25) is 0 Å². The zero-order valence-corrected chi connectivity index (χ0v) is 7.73. The van der Waals surface area contributed by atoms with E-state index < -0.39 is 6.03 Å². The van der Waals surface area contributed by atoms with Crippen LogP contribution in [-0.2, 0) is 4.84 Å². The molecule has 14 heavy (non-hydrogen) atoms. The number of nitrogens with two attached hydrogens (primary N) is 1. The van der Waals surface area contributed by atoms with Crippen LogP contribution in [0.25, 0.3) is 0 Å². The number of nitrogens with zero attached hydrogens (tertiary/aromatic N) is 1. The summed E-state index contributed by atoms with van der Waals surface area (Å²) in [5.41, 5.74) is 6.41. The molecule has 0 unspecified atom stereocenters. The van der Waals surface area contributed by atoms with E-state index >= 15 is 0 Å². The Balaban J connectivity index is 2.78. The van der Waals surface area contributed by atoms with Gasteiger partial charge in [0.15, 0.2) is 0 Å². The van der Waals surface area contributed by atoms with Crippen LogP contribution in [0, 0.1) is 0 Å². The molecule has 2 amide bonds. The highest BCUT2D eigenvalue weighted by Gasteiger charge is 1.95. The molecule has 0 bridgehead atoms. The molecule has 0 aliphatic carbocycles. The van der Waals surface area contributed by atoms with Crippen molar-refractivity contribution in [3.8, 4) is 0 Å². The average Bonchev–Trinajstić information content (AvgIpc) is 2.14. The summed E-state index contributed by atoms with van der Waals surface area (Å²) in [6.45, 7) is 0. The fourth-order valence-corrected chi connectivity index (χ4v) is 0.953. The van der Waals surface area contributed by atoms with Gasteiger partial charge < -0.3 is 15.9 Å². The zero-order chi connectivity index (χ0) is 10.4. The predicted molar refractivity (Wildman–Crippen MR) is 54.3 cm³/mol. The van der Waals surface area contributed by atoms with Crippen molar-refractivity contribution in [2.24, 2.45) is 10.9 Å². The maximum absolute atomic E-state index is 10.5. The number of anilines is 1. The molecule has 0 atom stereocenters. The Morgan fingerprint density at radius 1 is 1.64 bits per heavy atom. The summed E-state index contributed by atoms with van der Waals surface area (Å²) < 4.78 is 0. The highest BCUT2D eigenvalue weighted by atomic mass is 16.6. The summed E-state index contributed by atoms with van der Waals surface area (Å²) in [7, 11) is 1.46. The first kappa shape index (κ1) is 10.0.